The number of nitrogens with zero attached hydrogens (tertiary/aromatic N) is 2. The minimum absolute atomic E-state index is 0.668. The quantitative estimate of drug-likeness (QED) is 0.813. The van der Waals surface area contributed by atoms with Gasteiger partial charge in [0.15, 0.2) is 0 Å². The van der Waals surface area contributed by atoms with Crippen LogP contribution in [-0.2, 0) is 5.60 Å². The summed E-state index contributed by atoms with van der Waals surface area (Å²) >= 11 is 0. The van der Waals surface area contributed by atoms with Crippen LogP contribution < -0.4 is 4.74 Å². The molecule has 4 nitrogen and oxygen atoms in total. The molecule has 23 heavy (non-hydrogen) atoms. The van der Waals surface area contributed by atoms with E-state index in [-0.39, 0.29) is 0 Å². The maximum atomic E-state index is 10.8. The third-order valence-corrected chi connectivity index (χ3v) is 4.23. The maximum Gasteiger partial charge on any atom is 0.119 e. The normalized spacial score (nSPS) is 13.8. The SMILES string of the molecule is CCN(CC)CCOc1ccc([C@@](C)(O)c2ccncc2)cc1. The molecular weight excluding hydrogens is 288 g/mol. The number of benzene rings is 1. The van der Waals surface area contributed by atoms with E-state index in [2.05, 4.69) is 23.7 Å². The van der Waals surface area contributed by atoms with Gasteiger partial charge in [-0.3, -0.25) is 4.98 Å². The summed E-state index contributed by atoms with van der Waals surface area (Å²) in [4.78, 5) is 6.32. The first-order chi connectivity index (χ1) is 11.1. The molecule has 0 spiro atoms. The standard InChI is InChI=1S/C19H26N2O2/c1-4-21(5-2)14-15-23-18-8-6-16(7-9-18)19(3,22)17-10-12-20-13-11-17/h6-13,22H,4-5,14-15H2,1-3H3/t19-/m1/s1. The Balaban J connectivity index is 1.99. The Morgan fingerprint density at radius 1 is 1.00 bits per heavy atom. The molecule has 0 radical (unpaired) electrons. The van der Waals surface area contributed by atoms with Gasteiger partial charge in [0.1, 0.15) is 18.0 Å². The van der Waals surface area contributed by atoms with Gasteiger partial charge in [0, 0.05) is 18.9 Å². The number of hydrogen-bond acceptors (Lipinski definition) is 4. The van der Waals surface area contributed by atoms with Crippen LogP contribution in [0, 0.1) is 0 Å². The minimum Gasteiger partial charge on any atom is -0.492 e. The Bertz CT molecular complexity index is 578. The highest BCUT2D eigenvalue weighted by atomic mass is 16.5. The van der Waals surface area contributed by atoms with Gasteiger partial charge >= 0.3 is 0 Å². The molecule has 0 amide bonds. The first-order valence-corrected chi connectivity index (χ1v) is 8.16. The van der Waals surface area contributed by atoms with Gasteiger partial charge in [0.25, 0.3) is 0 Å². The number of rotatable bonds is 8. The average molecular weight is 314 g/mol. The van der Waals surface area contributed by atoms with Gasteiger partial charge in [0.05, 0.1) is 0 Å². The number of hydrogen-bond donors (Lipinski definition) is 1. The van der Waals surface area contributed by atoms with Gasteiger partial charge in [-0.2, -0.15) is 0 Å². The van der Waals surface area contributed by atoms with Gasteiger partial charge in [-0.05, 0) is 55.4 Å². The molecule has 2 rings (SSSR count). The fourth-order valence-electron chi connectivity index (χ4n) is 2.55. The van der Waals surface area contributed by atoms with E-state index in [4.69, 9.17) is 4.74 Å². The van der Waals surface area contributed by atoms with E-state index in [9.17, 15) is 5.11 Å². The molecule has 0 saturated heterocycles. The molecule has 0 aliphatic rings. The Labute approximate surface area is 138 Å². The highest BCUT2D eigenvalue weighted by Gasteiger charge is 2.25. The lowest BCUT2D eigenvalue weighted by molar-refractivity contribution is 0.102. The van der Waals surface area contributed by atoms with Crippen LogP contribution in [0.25, 0.3) is 0 Å². The van der Waals surface area contributed by atoms with E-state index in [1.54, 1.807) is 19.3 Å². The van der Waals surface area contributed by atoms with Crippen molar-refractivity contribution in [2.75, 3.05) is 26.2 Å². The number of pyridine rings is 1. The van der Waals surface area contributed by atoms with Crippen LogP contribution in [0.2, 0.25) is 0 Å². The monoisotopic (exact) mass is 314 g/mol. The smallest absolute Gasteiger partial charge is 0.119 e. The average Bonchev–Trinajstić information content (AvgIpc) is 2.60. The molecule has 1 N–H and O–H groups in total. The lowest BCUT2D eigenvalue weighted by atomic mass is 9.89. The van der Waals surface area contributed by atoms with Crippen LogP contribution in [0.1, 0.15) is 31.9 Å². The van der Waals surface area contributed by atoms with Gasteiger partial charge in [-0.15, -0.1) is 0 Å². The number of likely N-dealkylation sites (N-methyl/N-ethyl adjacent to an activating group) is 1. The Kier molecular flexibility index (Phi) is 6.13. The molecule has 0 aliphatic heterocycles. The van der Waals surface area contributed by atoms with Gasteiger partial charge in [0.2, 0.25) is 0 Å². The van der Waals surface area contributed by atoms with Crippen molar-refractivity contribution in [1.29, 1.82) is 0 Å². The van der Waals surface area contributed by atoms with Crippen molar-refractivity contribution in [1.82, 2.24) is 9.88 Å². The van der Waals surface area contributed by atoms with E-state index in [0.717, 1.165) is 36.5 Å². The van der Waals surface area contributed by atoms with E-state index in [0.29, 0.717) is 6.61 Å². The highest BCUT2D eigenvalue weighted by molar-refractivity contribution is 5.37. The van der Waals surface area contributed by atoms with Crippen molar-refractivity contribution in [3.8, 4) is 5.75 Å². The van der Waals surface area contributed by atoms with Crippen LogP contribution in [0.5, 0.6) is 5.75 Å². The number of ether oxygens (including phenoxy) is 1. The number of aromatic nitrogens is 1. The van der Waals surface area contributed by atoms with Crippen LogP contribution in [0.15, 0.2) is 48.8 Å². The van der Waals surface area contributed by atoms with Gasteiger partial charge in [-0.25, -0.2) is 0 Å². The summed E-state index contributed by atoms with van der Waals surface area (Å²) < 4.78 is 5.78. The summed E-state index contributed by atoms with van der Waals surface area (Å²) in [7, 11) is 0. The van der Waals surface area contributed by atoms with Gasteiger partial charge < -0.3 is 14.7 Å². The van der Waals surface area contributed by atoms with Crippen LogP contribution in [-0.4, -0.2) is 41.2 Å². The third kappa shape index (κ3) is 4.53. The first-order valence-electron chi connectivity index (χ1n) is 8.16. The van der Waals surface area contributed by atoms with Gasteiger partial charge in [-0.1, -0.05) is 26.0 Å². The topological polar surface area (TPSA) is 45.6 Å². The van der Waals surface area contributed by atoms with E-state index < -0.39 is 5.60 Å². The molecule has 0 bridgehead atoms. The zero-order valence-corrected chi connectivity index (χ0v) is 14.2. The van der Waals surface area contributed by atoms with Crippen molar-refractivity contribution in [3.05, 3.63) is 59.9 Å². The molecule has 4 heteroatoms. The van der Waals surface area contributed by atoms with Crippen LogP contribution in [0.3, 0.4) is 0 Å². The Morgan fingerprint density at radius 3 is 2.13 bits per heavy atom. The summed E-state index contributed by atoms with van der Waals surface area (Å²) in [5.41, 5.74) is 0.616. The van der Waals surface area contributed by atoms with Crippen molar-refractivity contribution in [2.24, 2.45) is 0 Å². The summed E-state index contributed by atoms with van der Waals surface area (Å²) in [5, 5.41) is 10.8. The van der Waals surface area contributed by atoms with Crippen LogP contribution in [0.4, 0.5) is 0 Å². The second-order valence-electron chi connectivity index (χ2n) is 5.71. The fraction of sp³-hybridized carbons (Fsp3) is 0.421. The Morgan fingerprint density at radius 2 is 1.57 bits per heavy atom. The van der Waals surface area contributed by atoms with Crippen molar-refractivity contribution < 1.29 is 9.84 Å². The van der Waals surface area contributed by atoms with Crippen molar-refractivity contribution in [3.63, 3.8) is 0 Å². The molecule has 0 unspecified atom stereocenters. The summed E-state index contributed by atoms with van der Waals surface area (Å²) in [6.45, 7) is 9.75. The summed E-state index contributed by atoms with van der Waals surface area (Å²) in [6, 6.07) is 11.3. The summed E-state index contributed by atoms with van der Waals surface area (Å²) in [6.07, 6.45) is 3.38. The molecule has 124 valence electrons. The largest absolute Gasteiger partial charge is 0.492 e. The number of aliphatic hydroxyl groups is 1. The second-order valence-corrected chi connectivity index (χ2v) is 5.71. The Hall–Kier alpha value is -1.91. The third-order valence-electron chi connectivity index (χ3n) is 4.23. The molecule has 1 aromatic heterocycles. The first kappa shape index (κ1) is 17.4. The molecule has 0 saturated carbocycles. The van der Waals surface area contributed by atoms with E-state index >= 15 is 0 Å². The van der Waals surface area contributed by atoms with Crippen LogP contribution >= 0.6 is 0 Å². The molecule has 2 aromatic rings. The molecular formula is C19H26N2O2. The van der Waals surface area contributed by atoms with Crippen molar-refractivity contribution >= 4 is 0 Å². The zero-order valence-electron chi connectivity index (χ0n) is 14.2. The summed E-state index contributed by atoms with van der Waals surface area (Å²) in [5.74, 6) is 0.825. The molecule has 0 fully saturated rings. The van der Waals surface area contributed by atoms with Crippen molar-refractivity contribution in [2.45, 2.75) is 26.4 Å². The lowest BCUT2D eigenvalue weighted by Crippen LogP contribution is -2.27. The fourth-order valence-corrected chi connectivity index (χ4v) is 2.55. The molecule has 1 aromatic carbocycles. The minimum atomic E-state index is -1.04. The molecule has 1 heterocycles. The van der Waals surface area contributed by atoms with E-state index in [1.807, 2.05) is 36.4 Å². The lowest BCUT2D eigenvalue weighted by Gasteiger charge is -2.24. The molecule has 0 aliphatic carbocycles. The highest BCUT2D eigenvalue weighted by Crippen LogP contribution is 2.29. The van der Waals surface area contributed by atoms with E-state index in [1.165, 1.54) is 0 Å². The molecule has 1 atom stereocenters. The zero-order chi connectivity index (χ0) is 16.7. The second kappa shape index (κ2) is 8.09. The maximum absolute atomic E-state index is 10.8. The predicted octanol–water partition coefficient (Wildman–Crippen LogP) is 3.06. The predicted molar refractivity (Wildman–Crippen MR) is 92.6 cm³/mol.